The van der Waals surface area contributed by atoms with Gasteiger partial charge in [-0.15, -0.1) is 11.3 Å². The number of nitrogens with zero attached hydrogens (tertiary/aromatic N) is 3. The molecular formula is C33H39F2N4O7PS. The number of fused-ring (bicyclic) bond motifs is 2. The van der Waals surface area contributed by atoms with E-state index >= 15 is 0 Å². The van der Waals surface area contributed by atoms with E-state index in [1.54, 1.807) is 11.9 Å². The summed E-state index contributed by atoms with van der Waals surface area (Å²) in [5.74, 6) is -1.75. The molecule has 3 atom stereocenters. The van der Waals surface area contributed by atoms with Crippen LogP contribution in [-0.2, 0) is 30.0 Å². The number of alkyl halides is 2. The molecule has 11 nitrogen and oxygen atoms in total. The number of anilines is 1. The summed E-state index contributed by atoms with van der Waals surface area (Å²) in [4.78, 5) is 77.0. The number of amides is 4. The number of hydrogen-bond donors (Lipinski definition) is 3. The number of halogens is 2. The van der Waals surface area contributed by atoms with Gasteiger partial charge in [-0.05, 0) is 66.0 Å². The van der Waals surface area contributed by atoms with Crippen LogP contribution in [0.1, 0.15) is 67.8 Å². The molecule has 258 valence electrons. The number of thiophene rings is 1. The van der Waals surface area contributed by atoms with Gasteiger partial charge in [0.05, 0.1) is 4.88 Å². The first-order chi connectivity index (χ1) is 22.3. The molecule has 48 heavy (non-hydrogen) atoms. The second kappa shape index (κ2) is 13.0. The minimum Gasteiger partial charge on any atom is -0.340 e. The zero-order valence-corrected chi connectivity index (χ0v) is 29.0. The smallest absolute Gasteiger partial charge is 0.340 e. The van der Waals surface area contributed by atoms with Crippen molar-refractivity contribution in [2.75, 3.05) is 25.0 Å². The Bertz CT molecular complexity index is 1800. The highest BCUT2D eigenvalue weighted by molar-refractivity contribution is 7.52. The van der Waals surface area contributed by atoms with Gasteiger partial charge in [0, 0.05) is 49.1 Å². The molecule has 3 heterocycles. The van der Waals surface area contributed by atoms with Crippen LogP contribution in [0.3, 0.4) is 0 Å². The van der Waals surface area contributed by atoms with Gasteiger partial charge in [0.1, 0.15) is 12.1 Å². The number of likely N-dealkylation sites (N-methyl/N-ethyl adjacent to an activating group) is 1. The number of benzene rings is 2. The highest BCUT2D eigenvalue weighted by Crippen LogP contribution is 2.59. The van der Waals surface area contributed by atoms with Gasteiger partial charge in [0.25, 0.3) is 5.91 Å². The Morgan fingerprint density at radius 3 is 2.25 bits per heavy atom. The third-order valence-electron chi connectivity index (χ3n) is 9.13. The SMILES string of the molecule is CC(=O)N1CC[C@H]2CC[C@@H](C(=O)N(C)c3ccc(C(C)(C)C)cc3)N2C(=O)[C@@H](NC(=O)c2cc3cc(C(F)(F)P(=O)(O)O)ccc3s2)C1. The van der Waals surface area contributed by atoms with E-state index in [0.29, 0.717) is 36.2 Å². The van der Waals surface area contributed by atoms with Crippen LogP contribution in [0, 0.1) is 0 Å². The average Bonchev–Trinajstić information content (AvgIpc) is 3.63. The van der Waals surface area contributed by atoms with Crippen LogP contribution in [0.15, 0.2) is 48.5 Å². The average molecular weight is 705 g/mol. The molecule has 2 aliphatic rings. The molecule has 5 rings (SSSR count). The normalized spacial score (nSPS) is 20.7. The third kappa shape index (κ3) is 6.89. The highest BCUT2D eigenvalue weighted by Gasteiger charge is 2.50. The van der Waals surface area contributed by atoms with Gasteiger partial charge in [-0.2, -0.15) is 8.78 Å². The van der Waals surface area contributed by atoms with E-state index in [9.17, 15) is 32.5 Å². The van der Waals surface area contributed by atoms with Crippen molar-refractivity contribution in [1.29, 1.82) is 0 Å². The summed E-state index contributed by atoms with van der Waals surface area (Å²) in [5.41, 5.74) is -3.60. The van der Waals surface area contributed by atoms with Crippen molar-refractivity contribution in [3.63, 3.8) is 0 Å². The van der Waals surface area contributed by atoms with Crippen LogP contribution < -0.4 is 10.2 Å². The lowest BCUT2D eigenvalue weighted by atomic mass is 9.87. The van der Waals surface area contributed by atoms with Gasteiger partial charge >= 0.3 is 13.3 Å². The van der Waals surface area contributed by atoms with Crippen molar-refractivity contribution in [1.82, 2.24) is 15.1 Å². The first kappa shape index (κ1) is 35.6. The van der Waals surface area contributed by atoms with Gasteiger partial charge in [0.15, 0.2) is 0 Å². The van der Waals surface area contributed by atoms with E-state index in [4.69, 9.17) is 9.79 Å². The maximum absolute atomic E-state index is 14.3. The Hall–Kier alpha value is -3.71. The minimum atomic E-state index is -5.80. The summed E-state index contributed by atoms with van der Waals surface area (Å²) >= 11 is 0.950. The molecule has 2 aromatic carbocycles. The molecule has 2 aliphatic heterocycles. The Balaban J connectivity index is 1.40. The zero-order valence-electron chi connectivity index (χ0n) is 27.3. The maximum atomic E-state index is 14.3. The van der Waals surface area contributed by atoms with Crippen molar-refractivity contribution < 1.29 is 42.3 Å². The quantitative estimate of drug-likeness (QED) is 0.313. The number of hydrogen-bond acceptors (Lipinski definition) is 6. The van der Waals surface area contributed by atoms with Gasteiger partial charge in [0.2, 0.25) is 17.7 Å². The highest BCUT2D eigenvalue weighted by atomic mass is 32.1. The molecular weight excluding hydrogens is 665 g/mol. The summed E-state index contributed by atoms with van der Waals surface area (Å²) in [6, 6.07) is 9.72. The van der Waals surface area contributed by atoms with Crippen LogP contribution >= 0.6 is 18.9 Å². The van der Waals surface area contributed by atoms with Crippen molar-refractivity contribution in [2.45, 2.75) is 76.2 Å². The summed E-state index contributed by atoms with van der Waals surface area (Å²) in [6.07, 6.45) is 1.43. The molecule has 1 aromatic heterocycles. The van der Waals surface area contributed by atoms with Crippen LogP contribution in [-0.4, -0.2) is 81.5 Å². The number of carbonyl (C=O) groups is 4. The van der Waals surface area contributed by atoms with Crippen LogP contribution in [0.2, 0.25) is 0 Å². The molecule has 2 saturated heterocycles. The van der Waals surface area contributed by atoms with Gasteiger partial charge in [-0.1, -0.05) is 39.0 Å². The Kier molecular flexibility index (Phi) is 9.61. The van der Waals surface area contributed by atoms with Crippen LogP contribution in [0.5, 0.6) is 0 Å². The zero-order chi connectivity index (χ0) is 35.3. The van der Waals surface area contributed by atoms with Crippen molar-refractivity contribution in [3.8, 4) is 0 Å². The van der Waals surface area contributed by atoms with Crippen LogP contribution in [0.25, 0.3) is 10.1 Å². The molecule has 0 bridgehead atoms. The first-order valence-electron chi connectivity index (χ1n) is 15.5. The van der Waals surface area contributed by atoms with Crippen LogP contribution in [0.4, 0.5) is 14.5 Å². The van der Waals surface area contributed by atoms with E-state index in [-0.39, 0.29) is 40.1 Å². The predicted octanol–water partition coefficient (Wildman–Crippen LogP) is 4.80. The Labute approximate surface area is 281 Å². The Morgan fingerprint density at radius 2 is 1.65 bits per heavy atom. The third-order valence-corrected chi connectivity index (χ3v) is 11.2. The van der Waals surface area contributed by atoms with Crippen molar-refractivity contribution in [2.24, 2.45) is 0 Å². The molecule has 0 radical (unpaired) electrons. The number of rotatable bonds is 6. The second-order valence-electron chi connectivity index (χ2n) is 13.4. The molecule has 0 aliphatic carbocycles. The van der Waals surface area contributed by atoms with Gasteiger partial charge in [-0.3, -0.25) is 23.7 Å². The maximum Gasteiger partial charge on any atom is 0.399 e. The summed E-state index contributed by atoms with van der Waals surface area (Å²) < 4.78 is 40.5. The molecule has 0 saturated carbocycles. The molecule has 4 amide bonds. The van der Waals surface area contributed by atoms with Crippen molar-refractivity contribution >= 4 is 58.3 Å². The topological polar surface area (TPSA) is 148 Å². The first-order valence-corrected chi connectivity index (χ1v) is 18.0. The largest absolute Gasteiger partial charge is 0.399 e. The fourth-order valence-electron chi connectivity index (χ4n) is 6.29. The van der Waals surface area contributed by atoms with Gasteiger partial charge < -0.3 is 29.8 Å². The van der Waals surface area contributed by atoms with E-state index in [1.165, 1.54) is 28.9 Å². The van der Waals surface area contributed by atoms with Crippen molar-refractivity contribution in [3.05, 3.63) is 64.5 Å². The monoisotopic (exact) mass is 704 g/mol. The van der Waals surface area contributed by atoms with E-state index < -0.39 is 42.7 Å². The van der Waals surface area contributed by atoms with E-state index in [1.807, 2.05) is 24.3 Å². The second-order valence-corrected chi connectivity index (χ2v) is 16.1. The molecule has 0 unspecified atom stereocenters. The predicted molar refractivity (Wildman–Crippen MR) is 178 cm³/mol. The number of nitrogens with one attached hydrogen (secondary N) is 1. The molecule has 3 N–H and O–H groups in total. The summed E-state index contributed by atoms with van der Waals surface area (Å²) in [7, 11) is -4.14. The molecule has 0 spiro atoms. The fraction of sp³-hybridized carbons (Fsp3) is 0.455. The lowest BCUT2D eigenvalue weighted by Gasteiger charge is -2.39. The lowest BCUT2D eigenvalue weighted by molar-refractivity contribution is -0.144. The van der Waals surface area contributed by atoms with E-state index in [0.717, 1.165) is 29.0 Å². The summed E-state index contributed by atoms with van der Waals surface area (Å²) in [5, 5.41) is 2.87. The lowest BCUT2D eigenvalue weighted by Crippen LogP contribution is -2.61. The molecule has 15 heteroatoms. The summed E-state index contributed by atoms with van der Waals surface area (Å²) in [6.45, 7) is 7.86. The standard InChI is InChI=1S/C33H39F2N4O7PS/c1-19(40)38-15-14-24-11-12-26(31(43)37(5)23-9-6-21(7-10-23)32(2,3)4)39(24)30(42)25(18-38)36-29(41)28-17-20-16-22(8-13-27(20)48-28)33(34,35)47(44,45)46/h6-10,13,16-17,24-26H,11-12,14-15,18H2,1-5H3,(H,36,41)(H2,44,45,46)/t24-,25+,26+/m1/s1. The van der Waals surface area contributed by atoms with Gasteiger partial charge in [-0.25, -0.2) is 0 Å². The molecule has 2 fully saturated rings. The minimum absolute atomic E-state index is 0.0647. The number of carbonyl (C=O) groups excluding carboxylic acids is 4. The Morgan fingerprint density at radius 1 is 1.00 bits per heavy atom. The van der Waals surface area contributed by atoms with E-state index in [2.05, 4.69) is 26.1 Å². The fourth-order valence-corrected chi connectivity index (χ4v) is 7.71. The molecule has 3 aromatic rings.